The number of para-hydroxylation sites is 1. The maximum Gasteiger partial charge on any atom is 0.123 e. The van der Waals surface area contributed by atoms with Crippen LogP contribution >= 0.6 is 0 Å². The van der Waals surface area contributed by atoms with Gasteiger partial charge in [-0.1, -0.05) is 18.2 Å². The van der Waals surface area contributed by atoms with E-state index in [1.807, 2.05) is 24.3 Å². The summed E-state index contributed by atoms with van der Waals surface area (Å²) in [7, 11) is 1.69. The van der Waals surface area contributed by atoms with Gasteiger partial charge in [0.1, 0.15) is 5.75 Å². The van der Waals surface area contributed by atoms with E-state index in [0.717, 1.165) is 24.4 Å². The van der Waals surface area contributed by atoms with Crippen LogP contribution in [0.3, 0.4) is 0 Å². The fraction of sp³-hybridized carbons (Fsp3) is 0.455. The number of hydrogen-bond donors (Lipinski definition) is 2. The van der Waals surface area contributed by atoms with Gasteiger partial charge in [0.15, 0.2) is 0 Å². The van der Waals surface area contributed by atoms with Crippen LogP contribution in [0.25, 0.3) is 0 Å². The molecule has 1 unspecified atom stereocenters. The van der Waals surface area contributed by atoms with Crippen LogP contribution < -0.4 is 15.8 Å². The second kappa shape index (κ2) is 3.98. The molecule has 0 spiro atoms. The van der Waals surface area contributed by atoms with Crippen molar-refractivity contribution in [2.45, 2.75) is 6.04 Å². The van der Waals surface area contributed by atoms with Crippen molar-refractivity contribution >= 4 is 0 Å². The molecular weight excluding hydrogens is 176 g/mol. The molecule has 1 heterocycles. The number of nitrogens with two attached hydrogens (primary N) is 1. The van der Waals surface area contributed by atoms with Crippen LogP contribution in [0.15, 0.2) is 24.3 Å². The molecule has 3 N–H and O–H groups in total. The molecule has 1 saturated heterocycles. The largest absolute Gasteiger partial charge is 0.496 e. The smallest absolute Gasteiger partial charge is 0.123 e. The van der Waals surface area contributed by atoms with Crippen LogP contribution in [-0.2, 0) is 0 Å². The highest BCUT2D eigenvalue weighted by Gasteiger charge is 2.26. The monoisotopic (exact) mass is 192 g/mol. The molecule has 0 saturated carbocycles. The Morgan fingerprint density at radius 1 is 1.43 bits per heavy atom. The van der Waals surface area contributed by atoms with E-state index in [2.05, 4.69) is 5.32 Å². The number of ether oxygens (including phenoxy) is 1. The third-order valence-electron chi connectivity index (χ3n) is 2.82. The standard InChI is InChI=1S/C11H16N2O/c1-14-10-5-3-2-4-9(10)11(12)8-6-13-7-8/h2-5,8,11,13H,6-7,12H2,1H3. The molecule has 0 amide bonds. The number of nitrogens with one attached hydrogen (secondary N) is 1. The van der Waals surface area contributed by atoms with Gasteiger partial charge < -0.3 is 15.8 Å². The first-order valence-corrected chi connectivity index (χ1v) is 4.92. The Kier molecular flexibility index (Phi) is 2.70. The Morgan fingerprint density at radius 2 is 2.14 bits per heavy atom. The van der Waals surface area contributed by atoms with Crippen molar-refractivity contribution in [1.82, 2.24) is 5.32 Å². The van der Waals surface area contributed by atoms with Crippen molar-refractivity contribution in [3.05, 3.63) is 29.8 Å². The van der Waals surface area contributed by atoms with E-state index in [0.29, 0.717) is 5.92 Å². The van der Waals surface area contributed by atoms with Gasteiger partial charge in [0.25, 0.3) is 0 Å². The van der Waals surface area contributed by atoms with Gasteiger partial charge in [0.05, 0.1) is 7.11 Å². The predicted molar refractivity (Wildman–Crippen MR) is 56.3 cm³/mol. The first kappa shape index (κ1) is 9.49. The van der Waals surface area contributed by atoms with Gasteiger partial charge in [-0.25, -0.2) is 0 Å². The average molecular weight is 192 g/mol. The van der Waals surface area contributed by atoms with Crippen molar-refractivity contribution in [2.75, 3.05) is 20.2 Å². The molecule has 1 aliphatic heterocycles. The zero-order valence-electron chi connectivity index (χ0n) is 8.36. The SMILES string of the molecule is COc1ccccc1C(N)C1CNC1. The van der Waals surface area contributed by atoms with E-state index in [4.69, 9.17) is 10.5 Å². The quantitative estimate of drug-likeness (QED) is 0.748. The van der Waals surface area contributed by atoms with Crippen molar-refractivity contribution in [1.29, 1.82) is 0 Å². The summed E-state index contributed by atoms with van der Waals surface area (Å²) in [6.07, 6.45) is 0. The Labute approximate surface area is 84.3 Å². The summed E-state index contributed by atoms with van der Waals surface area (Å²) >= 11 is 0. The number of rotatable bonds is 3. The van der Waals surface area contributed by atoms with Crippen molar-refractivity contribution in [3.8, 4) is 5.75 Å². The first-order valence-electron chi connectivity index (χ1n) is 4.92. The Balaban J connectivity index is 2.20. The normalized spacial score (nSPS) is 18.7. The van der Waals surface area contributed by atoms with Gasteiger partial charge in [-0.3, -0.25) is 0 Å². The summed E-state index contributed by atoms with van der Waals surface area (Å²) in [4.78, 5) is 0. The maximum absolute atomic E-state index is 6.16. The third-order valence-corrected chi connectivity index (χ3v) is 2.82. The van der Waals surface area contributed by atoms with E-state index < -0.39 is 0 Å². The molecule has 1 fully saturated rings. The van der Waals surface area contributed by atoms with Crippen molar-refractivity contribution < 1.29 is 4.74 Å². The van der Waals surface area contributed by atoms with Crippen LogP contribution in [0.4, 0.5) is 0 Å². The number of benzene rings is 1. The average Bonchev–Trinajstić information content (AvgIpc) is 2.15. The van der Waals surface area contributed by atoms with Gasteiger partial charge >= 0.3 is 0 Å². The lowest BCUT2D eigenvalue weighted by Crippen LogP contribution is -2.47. The van der Waals surface area contributed by atoms with Gasteiger partial charge in [0.2, 0.25) is 0 Å². The molecular formula is C11H16N2O. The topological polar surface area (TPSA) is 47.3 Å². The number of methoxy groups -OCH3 is 1. The predicted octanol–water partition coefficient (Wildman–Crippen LogP) is 0.914. The Morgan fingerprint density at radius 3 is 2.71 bits per heavy atom. The molecule has 1 atom stereocenters. The molecule has 76 valence electrons. The summed E-state index contributed by atoms with van der Waals surface area (Å²) in [5.74, 6) is 1.44. The fourth-order valence-electron chi connectivity index (χ4n) is 1.76. The minimum atomic E-state index is 0.0902. The molecule has 14 heavy (non-hydrogen) atoms. The molecule has 0 bridgehead atoms. The summed E-state index contributed by atoms with van der Waals surface area (Å²) in [6.45, 7) is 2.03. The molecule has 1 aromatic rings. The molecule has 1 aliphatic rings. The second-order valence-electron chi connectivity index (χ2n) is 3.69. The van der Waals surface area contributed by atoms with Crippen LogP contribution in [0.1, 0.15) is 11.6 Å². The number of hydrogen-bond acceptors (Lipinski definition) is 3. The van der Waals surface area contributed by atoms with Crippen molar-refractivity contribution in [2.24, 2.45) is 11.7 Å². The molecule has 3 heteroatoms. The Hall–Kier alpha value is -1.06. The van der Waals surface area contributed by atoms with Gasteiger partial charge in [0, 0.05) is 30.6 Å². The molecule has 3 nitrogen and oxygen atoms in total. The molecule has 1 aromatic carbocycles. The zero-order valence-corrected chi connectivity index (χ0v) is 8.36. The highest BCUT2D eigenvalue weighted by Crippen LogP contribution is 2.29. The maximum atomic E-state index is 6.16. The highest BCUT2D eigenvalue weighted by atomic mass is 16.5. The van der Waals surface area contributed by atoms with Crippen LogP contribution in [0.5, 0.6) is 5.75 Å². The van der Waals surface area contributed by atoms with Crippen LogP contribution in [0, 0.1) is 5.92 Å². The lowest BCUT2D eigenvalue weighted by molar-refractivity contribution is 0.288. The minimum Gasteiger partial charge on any atom is -0.496 e. The molecule has 0 aromatic heterocycles. The van der Waals surface area contributed by atoms with Crippen molar-refractivity contribution in [3.63, 3.8) is 0 Å². The van der Waals surface area contributed by atoms with E-state index >= 15 is 0 Å². The lowest BCUT2D eigenvalue weighted by atomic mass is 9.89. The zero-order chi connectivity index (χ0) is 9.97. The van der Waals surface area contributed by atoms with E-state index in [-0.39, 0.29) is 6.04 Å². The Bertz CT molecular complexity index is 310. The summed E-state index contributed by atoms with van der Waals surface area (Å²) in [5, 5.41) is 3.23. The van der Waals surface area contributed by atoms with Gasteiger partial charge in [-0.15, -0.1) is 0 Å². The lowest BCUT2D eigenvalue weighted by Gasteiger charge is -2.33. The fourth-order valence-corrected chi connectivity index (χ4v) is 1.76. The first-order chi connectivity index (χ1) is 6.83. The molecule has 0 radical (unpaired) electrons. The van der Waals surface area contributed by atoms with Gasteiger partial charge in [-0.05, 0) is 6.07 Å². The van der Waals surface area contributed by atoms with E-state index in [9.17, 15) is 0 Å². The summed E-state index contributed by atoms with van der Waals surface area (Å²) < 4.78 is 5.28. The third kappa shape index (κ3) is 1.61. The highest BCUT2D eigenvalue weighted by molar-refractivity contribution is 5.36. The minimum absolute atomic E-state index is 0.0902. The summed E-state index contributed by atoms with van der Waals surface area (Å²) in [5.41, 5.74) is 7.27. The van der Waals surface area contributed by atoms with Gasteiger partial charge in [-0.2, -0.15) is 0 Å². The van der Waals surface area contributed by atoms with Crippen LogP contribution in [-0.4, -0.2) is 20.2 Å². The van der Waals surface area contributed by atoms with E-state index in [1.54, 1.807) is 7.11 Å². The second-order valence-corrected chi connectivity index (χ2v) is 3.69. The summed E-state index contributed by atoms with van der Waals surface area (Å²) in [6, 6.07) is 8.06. The molecule has 2 rings (SSSR count). The van der Waals surface area contributed by atoms with E-state index in [1.165, 1.54) is 0 Å². The molecule has 0 aliphatic carbocycles. The van der Waals surface area contributed by atoms with Crippen LogP contribution in [0.2, 0.25) is 0 Å².